The van der Waals surface area contributed by atoms with Gasteiger partial charge in [-0.3, -0.25) is 4.79 Å². The molecule has 0 saturated carbocycles. The van der Waals surface area contributed by atoms with Gasteiger partial charge in [0.15, 0.2) is 5.82 Å². The van der Waals surface area contributed by atoms with Gasteiger partial charge in [-0.25, -0.2) is 4.52 Å². The van der Waals surface area contributed by atoms with Crippen LogP contribution in [0.3, 0.4) is 0 Å². The SMILES string of the molecule is CCOc1ccccc1C(=O)NCCc1csc2nc(-c3ccc(Cl)cc3)nn12. The molecule has 2 heterocycles. The Balaban J connectivity index is 1.44. The molecule has 0 radical (unpaired) electrons. The van der Waals surface area contributed by atoms with Gasteiger partial charge in [0, 0.05) is 28.9 Å². The summed E-state index contributed by atoms with van der Waals surface area (Å²) in [5.74, 6) is 1.10. The van der Waals surface area contributed by atoms with Crippen LogP contribution in [0, 0.1) is 0 Å². The van der Waals surface area contributed by atoms with Crippen molar-refractivity contribution in [3.63, 3.8) is 0 Å². The summed E-state index contributed by atoms with van der Waals surface area (Å²) >= 11 is 7.48. The number of thiazole rings is 1. The van der Waals surface area contributed by atoms with Crippen LogP contribution in [0.2, 0.25) is 5.02 Å². The highest BCUT2D eigenvalue weighted by Crippen LogP contribution is 2.22. The molecule has 0 atom stereocenters. The van der Waals surface area contributed by atoms with Crippen LogP contribution in [0.5, 0.6) is 5.75 Å². The van der Waals surface area contributed by atoms with Gasteiger partial charge in [-0.2, -0.15) is 4.98 Å². The zero-order chi connectivity index (χ0) is 20.2. The highest BCUT2D eigenvalue weighted by Gasteiger charge is 2.14. The Morgan fingerprint density at radius 2 is 2.00 bits per heavy atom. The number of halogens is 1. The average molecular weight is 427 g/mol. The molecule has 4 rings (SSSR count). The highest BCUT2D eigenvalue weighted by atomic mass is 35.5. The van der Waals surface area contributed by atoms with E-state index in [0.29, 0.717) is 41.7 Å². The maximum atomic E-state index is 12.5. The summed E-state index contributed by atoms with van der Waals surface area (Å²) in [5, 5.41) is 10.3. The molecular formula is C21H19ClN4O2S. The van der Waals surface area contributed by atoms with Crippen molar-refractivity contribution in [2.24, 2.45) is 0 Å². The average Bonchev–Trinajstić information content (AvgIpc) is 3.31. The fourth-order valence-corrected chi connectivity index (χ4v) is 3.94. The van der Waals surface area contributed by atoms with Crippen molar-refractivity contribution < 1.29 is 9.53 Å². The Morgan fingerprint density at radius 3 is 2.79 bits per heavy atom. The van der Waals surface area contributed by atoms with Crippen molar-refractivity contribution in [3.8, 4) is 17.1 Å². The van der Waals surface area contributed by atoms with Gasteiger partial charge in [-0.05, 0) is 43.3 Å². The fourth-order valence-electron chi connectivity index (χ4n) is 2.95. The van der Waals surface area contributed by atoms with Crippen LogP contribution in [-0.2, 0) is 6.42 Å². The molecule has 8 heteroatoms. The molecular weight excluding hydrogens is 408 g/mol. The van der Waals surface area contributed by atoms with Gasteiger partial charge in [-0.15, -0.1) is 16.4 Å². The lowest BCUT2D eigenvalue weighted by molar-refractivity contribution is 0.0950. The van der Waals surface area contributed by atoms with Crippen LogP contribution in [0.4, 0.5) is 0 Å². The number of nitrogens with zero attached hydrogens (tertiary/aromatic N) is 3. The number of amides is 1. The van der Waals surface area contributed by atoms with Gasteiger partial charge in [0.1, 0.15) is 5.75 Å². The monoisotopic (exact) mass is 426 g/mol. The van der Waals surface area contributed by atoms with E-state index in [1.54, 1.807) is 12.1 Å². The third-order valence-electron chi connectivity index (χ3n) is 4.35. The molecule has 2 aromatic carbocycles. The molecule has 4 aromatic rings. The molecule has 1 N–H and O–H groups in total. The lowest BCUT2D eigenvalue weighted by Gasteiger charge is -2.10. The van der Waals surface area contributed by atoms with Gasteiger partial charge in [0.05, 0.1) is 17.9 Å². The lowest BCUT2D eigenvalue weighted by Crippen LogP contribution is -2.26. The second-order valence-corrected chi connectivity index (χ2v) is 7.57. The maximum absolute atomic E-state index is 12.5. The molecule has 0 aliphatic rings. The summed E-state index contributed by atoms with van der Waals surface area (Å²) in [5.41, 5.74) is 2.45. The van der Waals surface area contributed by atoms with E-state index in [-0.39, 0.29) is 5.91 Å². The molecule has 0 aliphatic heterocycles. The van der Waals surface area contributed by atoms with Crippen molar-refractivity contribution in [2.75, 3.05) is 13.2 Å². The van der Waals surface area contributed by atoms with Crippen molar-refractivity contribution in [2.45, 2.75) is 13.3 Å². The van der Waals surface area contributed by atoms with E-state index in [0.717, 1.165) is 16.2 Å². The molecule has 0 bridgehead atoms. The molecule has 0 unspecified atom stereocenters. The zero-order valence-electron chi connectivity index (χ0n) is 15.8. The van der Waals surface area contributed by atoms with Crippen molar-refractivity contribution >= 4 is 33.8 Å². The Bertz CT molecular complexity index is 1140. The summed E-state index contributed by atoms with van der Waals surface area (Å²) in [6.45, 7) is 2.90. The standard InChI is InChI=1S/C21H19ClN4O2S/c1-2-28-18-6-4-3-5-17(18)20(27)23-12-11-16-13-29-21-24-19(25-26(16)21)14-7-9-15(22)10-8-14/h3-10,13H,2,11-12H2,1H3,(H,23,27). The lowest BCUT2D eigenvalue weighted by atomic mass is 10.2. The van der Waals surface area contributed by atoms with Crippen LogP contribution in [-0.4, -0.2) is 33.7 Å². The molecule has 29 heavy (non-hydrogen) atoms. The molecule has 2 aromatic heterocycles. The molecule has 1 amide bonds. The van der Waals surface area contributed by atoms with Gasteiger partial charge in [0.25, 0.3) is 5.91 Å². The predicted octanol–water partition coefficient (Wildman–Crippen LogP) is 4.48. The van der Waals surface area contributed by atoms with E-state index in [1.807, 2.05) is 53.2 Å². The highest BCUT2D eigenvalue weighted by molar-refractivity contribution is 7.15. The van der Waals surface area contributed by atoms with E-state index in [2.05, 4.69) is 15.4 Å². The van der Waals surface area contributed by atoms with Gasteiger partial charge in [0.2, 0.25) is 4.96 Å². The van der Waals surface area contributed by atoms with Crippen molar-refractivity contribution in [3.05, 3.63) is 70.2 Å². The van der Waals surface area contributed by atoms with Crippen LogP contribution in [0.25, 0.3) is 16.3 Å². The van der Waals surface area contributed by atoms with Crippen molar-refractivity contribution in [1.29, 1.82) is 0 Å². The topological polar surface area (TPSA) is 68.5 Å². The van der Waals surface area contributed by atoms with Crippen LogP contribution in [0.15, 0.2) is 53.9 Å². The number of hydrogen-bond acceptors (Lipinski definition) is 5. The first-order valence-corrected chi connectivity index (χ1v) is 10.5. The number of carbonyl (C=O) groups excluding carboxylic acids is 1. The molecule has 0 saturated heterocycles. The number of ether oxygens (including phenoxy) is 1. The molecule has 0 spiro atoms. The fraction of sp³-hybridized carbons (Fsp3) is 0.190. The van der Waals surface area contributed by atoms with Crippen molar-refractivity contribution in [1.82, 2.24) is 19.9 Å². The normalized spacial score (nSPS) is 11.0. The smallest absolute Gasteiger partial charge is 0.255 e. The quantitative estimate of drug-likeness (QED) is 0.473. The van der Waals surface area contributed by atoms with E-state index in [4.69, 9.17) is 16.3 Å². The largest absolute Gasteiger partial charge is 0.493 e. The van der Waals surface area contributed by atoms with Crippen LogP contribution in [0.1, 0.15) is 23.0 Å². The molecule has 148 valence electrons. The first-order valence-electron chi connectivity index (χ1n) is 9.25. The van der Waals surface area contributed by atoms with E-state index in [1.165, 1.54) is 11.3 Å². The Kier molecular flexibility index (Phi) is 5.78. The Hall–Kier alpha value is -2.90. The van der Waals surface area contributed by atoms with Gasteiger partial charge in [-0.1, -0.05) is 23.7 Å². The minimum Gasteiger partial charge on any atom is -0.493 e. The Labute approximate surface area is 177 Å². The molecule has 0 aliphatic carbocycles. The van der Waals surface area contributed by atoms with E-state index >= 15 is 0 Å². The maximum Gasteiger partial charge on any atom is 0.255 e. The molecule has 0 fully saturated rings. The number of nitrogens with one attached hydrogen (secondary N) is 1. The summed E-state index contributed by atoms with van der Waals surface area (Å²) in [6.07, 6.45) is 0.645. The number of hydrogen-bond donors (Lipinski definition) is 1. The van der Waals surface area contributed by atoms with E-state index < -0.39 is 0 Å². The van der Waals surface area contributed by atoms with Crippen LogP contribution < -0.4 is 10.1 Å². The third-order valence-corrected chi connectivity index (χ3v) is 5.47. The predicted molar refractivity (Wildman–Crippen MR) is 115 cm³/mol. The zero-order valence-corrected chi connectivity index (χ0v) is 17.3. The number of benzene rings is 2. The number of rotatable bonds is 7. The minimum atomic E-state index is -0.152. The minimum absolute atomic E-state index is 0.152. The second kappa shape index (κ2) is 8.63. The molecule has 6 nitrogen and oxygen atoms in total. The number of carbonyl (C=O) groups is 1. The third kappa shape index (κ3) is 4.26. The van der Waals surface area contributed by atoms with E-state index in [9.17, 15) is 4.79 Å². The van der Waals surface area contributed by atoms with Crippen LogP contribution >= 0.6 is 22.9 Å². The Morgan fingerprint density at radius 1 is 1.21 bits per heavy atom. The summed E-state index contributed by atoms with van der Waals surface area (Å²) in [6, 6.07) is 14.7. The second-order valence-electron chi connectivity index (χ2n) is 6.30. The summed E-state index contributed by atoms with van der Waals surface area (Å²) in [4.78, 5) is 17.9. The summed E-state index contributed by atoms with van der Waals surface area (Å²) in [7, 11) is 0. The van der Waals surface area contributed by atoms with Gasteiger partial charge < -0.3 is 10.1 Å². The number of para-hydroxylation sites is 1. The number of aromatic nitrogens is 3. The summed E-state index contributed by atoms with van der Waals surface area (Å²) < 4.78 is 7.36. The number of fused-ring (bicyclic) bond motifs is 1. The first kappa shape index (κ1) is 19.4. The first-order chi connectivity index (χ1) is 14.2. The van der Waals surface area contributed by atoms with Gasteiger partial charge >= 0.3 is 0 Å².